The molecule has 2 aliphatic rings. The van der Waals surface area contributed by atoms with Crippen LogP contribution in [0, 0.1) is 0 Å². The number of carbonyl (C=O) groups is 3. The first-order valence-corrected chi connectivity index (χ1v) is 22.1. The van der Waals surface area contributed by atoms with Gasteiger partial charge in [-0.2, -0.15) is 0 Å². The van der Waals surface area contributed by atoms with E-state index in [4.69, 9.17) is 21.8 Å². The van der Waals surface area contributed by atoms with Crippen molar-refractivity contribution in [3.05, 3.63) is 77.2 Å². The van der Waals surface area contributed by atoms with Gasteiger partial charge in [-0.15, -0.1) is 0 Å². The van der Waals surface area contributed by atoms with E-state index in [0.29, 0.717) is 53.9 Å². The Labute approximate surface area is 320 Å². The number of hydrogen-bond acceptors (Lipinski definition) is 11. The van der Waals surface area contributed by atoms with E-state index in [1.807, 2.05) is 0 Å². The highest BCUT2D eigenvalue weighted by Crippen LogP contribution is 2.31. The second-order valence-corrected chi connectivity index (χ2v) is 18.7. The summed E-state index contributed by atoms with van der Waals surface area (Å²) < 4.78 is 60.7. The molecule has 294 valence electrons. The number of aliphatic hydroxyl groups is 1. The van der Waals surface area contributed by atoms with E-state index in [9.17, 15) is 36.3 Å². The molecule has 17 heteroatoms. The van der Waals surface area contributed by atoms with Gasteiger partial charge in [-0.1, -0.05) is 67.3 Å². The van der Waals surface area contributed by atoms with Crippen LogP contribution in [0.1, 0.15) is 80.5 Å². The summed E-state index contributed by atoms with van der Waals surface area (Å²) in [7, 11) is -7.96. The van der Waals surface area contributed by atoms with Crippen LogP contribution >= 0.6 is 11.6 Å². The Morgan fingerprint density at radius 2 is 1.76 bits per heavy atom. The zero-order valence-electron chi connectivity index (χ0n) is 30.2. The molecule has 2 aromatic carbocycles. The molecule has 14 nitrogen and oxygen atoms in total. The summed E-state index contributed by atoms with van der Waals surface area (Å²) in [6.45, 7) is -0.0598. The van der Waals surface area contributed by atoms with Crippen molar-refractivity contribution in [1.82, 2.24) is 19.9 Å². The van der Waals surface area contributed by atoms with Gasteiger partial charge in [0.25, 0.3) is 5.89 Å². The topological polar surface area (TPSA) is 219 Å². The van der Waals surface area contributed by atoms with Crippen molar-refractivity contribution in [1.29, 1.82) is 0 Å². The Morgan fingerprint density at radius 1 is 1.06 bits per heavy atom. The third kappa shape index (κ3) is 11.0. The average molecular weight is 806 g/mol. The van der Waals surface area contributed by atoms with Crippen molar-refractivity contribution in [2.75, 3.05) is 19.3 Å². The number of amides is 2. The minimum atomic E-state index is -3.99. The highest BCUT2D eigenvalue weighted by molar-refractivity contribution is 7.91. The molecule has 0 spiro atoms. The molecule has 1 saturated carbocycles. The van der Waals surface area contributed by atoms with Crippen molar-refractivity contribution in [2.24, 2.45) is 5.73 Å². The summed E-state index contributed by atoms with van der Waals surface area (Å²) >= 11 is 6.00. The minimum absolute atomic E-state index is 0.158. The summed E-state index contributed by atoms with van der Waals surface area (Å²) in [5.41, 5.74) is 5.89. The van der Waals surface area contributed by atoms with Crippen LogP contribution in [0.15, 0.2) is 65.1 Å². The largest absolute Gasteiger partial charge is 0.434 e. The number of nitrogens with one attached hydrogen (secondary N) is 2. The number of ketones is 1. The number of fused-ring (bicyclic) bond motifs is 1. The van der Waals surface area contributed by atoms with Crippen LogP contribution in [-0.2, 0) is 35.2 Å². The molecule has 0 radical (unpaired) electrons. The lowest BCUT2D eigenvalue weighted by molar-refractivity contribution is -0.139. The van der Waals surface area contributed by atoms with E-state index in [0.717, 1.165) is 30.4 Å². The number of rotatable bonds is 17. The minimum Gasteiger partial charge on any atom is -0.434 e. The molecule has 1 aliphatic heterocycles. The molecule has 2 fully saturated rings. The Kier molecular flexibility index (Phi) is 13.7. The quantitative estimate of drug-likeness (QED) is 0.0880. The number of benzene rings is 2. The number of carbonyl (C=O) groups excluding carboxylic acids is 3. The fourth-order valence-electron chi connectivity index (χ4n) is 7.05. The van der Waals surface area contributed by atoms with Crippen LogP contribution in [0.2, 0.25) is 5.02 Å². The maximum atomic E-state index is 14.3. The molecule has 4 atom stereocenters. The van der Waals surface area contributed by atoms with Gasteiger partial charge in [0.15, 0.2) is 15.4 Å². The number of oxazole rings is 1. The smallest absolute Gasteiger partial charge is 0.266 e. The van der Waals surface area contributed by atoms with E-state index in [-0.39, 0.29) is 25.2 Å². The van der Waals surface area contributed by atoms with E-state index in [2.05, 4.69) is 15.0 Å². The second-order valence-electron chi connectivity index (χ2n) is 14.2. The zero-order chi connectivity index (χ0) is 39.1. The third-order valence-corrected chi connectivity index (χ3v) is 13.0. The number of hydrogen-bond donors (Lipinski definition) is 4. The van der Waals surface area contributed by atoms with Gasteiger partial charge in [0.1, 0.15) is 17.6 Å². The first-order chi connectivity index (χ1) is 25.6. The van der Waals surface area contributed by atoms with Crippen LogP contribution in [0.3, 0.4) is 0 Å². The molecule has 2 heterocycles. The Morgan fingerprint density at radius 3 is 2.43 bits per heavy atom. The van der Waals surface area contributed by atoms with Crippen LogP contribution in [0.5, 0.6) is 0 Å². The molecule has 0 unspecified atom stereocenters. The van der Waals surface area contributed by atoms with Crippen molar-refractivity contribution in [2.45, 2.75) is 98.9 Å². The maximum Gasteiger partial charge on any atom is 0.266 e. The fraction of sp³-hybridized carbons (Fsp3) is 0.514. The molecule has 1 aromatic heterocycles. The van der Waals surface area contributed by atoms with Gasteiger partial charge < -0.3 is 25.5 Å². The highest BCUT2D eigenvalue weighted by Gasteiger charge is 2.47. The molecule has 2 amide bonds. The van der Waals surface area contributed by atoms with Gasteiger partial charge in [-0.3, -0.25) is 14.4 Å². The number of sulfone groups is 1. The standard InChI is InChI=1S/C37H48ClN5O9S2/c1-53(48,49)42-30(12-9-20-37(47)18-6-2-7-19-37)36(46)43-23-27(54(50,51)24-25-14-16-26(38)17-15-25)22-31(43)34(45)40-29(11-5-8-21-39)33(44)35-41-28-10-3-4-13-32(28)52-35/h3-4,9-10,13-17,20,27,29-31,42,47H,2,5-8,11-12,18-19,21-24,39H2,1H3,(H,40,45)/b20-9+/t27-,29+,30-,31+/m1/s1. The number of unbranched alkanes of at least 4 members (excludes halogenated alkanes) is 1. The van der Waals surface area contributed by atoms with E-state index in [1.165, 1.54) is 0 Å². The van der Waals surface area contributed by atoms with E-state index < -0.39 is 78.7 Å². The molecular formula is C37H48ClN5O9S2. The Hall–Kier alpha value is -3.67. The first-order valence-electron chi connectivity index (χ1n) is 18.1. The number of nitrogens with two attached hydrogens (primary N) is 1. The average Bonchev–Trinajstić information content (AvgIpc) is 3.77. The molecule has 5 N–H and O–H groups in total. The van der Waals surface area contributed by atoms with Gasteiger partial charge in [-0.05, 0) is 81.3 Å². The number of halogens is 1. The SMILES string of the molecule is CS(=O)(=O)N[C@H](C/C=C/C1(O)CCCCC1)C(=O)N1C[C@H](S(=O)(=O)Cc2ccc(Cl)cc2)C[C@H]1C(=O)N[C@@H](CCCCN)C(=O)c1nc2ccccc2o1. The lowest BCUT2D eigenvalue weighted by Gasteiger charge is -2.30. The van der Waals surface area contributed by atoms with Crippen LogP contribution in [0.25, 0.3) is 11.1 Å². The summed E-state index contributed by atoms with van der Waals surface area (Å²) in [5, 5.41) is 12.9. The summed E-state index contributed by atoms with van der Waals surface area (Å²) in [5.74, 6) is -2.84. The van der Waals surface area contributed by atoms with Crippen molar-refractivity contribution in [3.8, 4) is 0 Å². The van der Waals surface area contributed by atoms with Crippen molar-refractivity contribution < 1.29 is 40.7 Å². The summed E-state index contributed by atoms with van der Waals surface area (Å²) in [6, 6.07) is 9.11. The Bertz CT molecular complexity index is 2020. The van der Waals surface area contributed by atoms with E-state index >= 15 is 0 Å². The summed E-state index contributed by atoms with van der Waals surface area (Å²) in [4.78, 5) is 47.7. The van der Waals surface area contributed by atoms with Gasteiger partial charge in [0.2, 0.25) is 27.6 Å². The molecule has 1 aliphatic carbocycles. The number of likely N-dealkylation sites (tertiary alicyclic amines) is 1. The predicted molar refractivity (Wildman–Crippen MR) is 205 cm³/mol. The molecule has 54 heavy (non-hydrogen) atoms. The van der Waals surface area contributed by atoms with Crippen LogP contribution < -0.4 is 15.8 Å². The molecule has 1 saturated heterocycles. The lowest BCUT2D eigenvalue weighted by Crippen LogP contribution is -2.55. The maximum absolute atomic E-state index is 14.3. The van der Waals surface area contributed by atoms with Crippen LogP contribution in [0.4, 0.5) is 0 Å². The monoisotopic (exact) mass is 805 g/mol. The molecular weight excluding hydrogens is 758 g/mol. The van der Waals surface area contributed by atoms with Gasteiger partial charge >= 0.3 is 0 Å². The number of Topliss-reactive ketones (excluding diaryl/α,β-unsaturated/α-hetero) is 1. The first kappa shape index (κ1) is 41.5. The Balaban J connectivity index is 1.44. The number of nitrogens with zero attached hydrogens (tertiary/aromatic N) is 2. The van der Waals surface area contributed by atoms with Gasteiger partial charge in [0, 0.05) is 11.6 Å². The summed E-state index contributed by atoms with van der Waals surface area (Å²) in [6.07, 6.45) is 8.39. The van der Waals surface area contributed by atoms with Crippen molar-refractivity contribution >= 4 is 60.2 Å². The molecule has 3 aromatic rings. The normalized spacial score (nSPS) is 20.3. The lowest BCUT2D eigenvalue weighted by atomic mass is 9.84. The van der Waals surface area contributed by atoms with E-state index in [1.54, 1.807) is 60.7 Å². The molecule has 0 bridgehead atoms. The third-order valence-electron chi connectivity index (χ3n) is 9.90. The number of para-hydroxylation sites is 2. The molecule has 5 rings (SSSR count). The second kappa shape index (κ2) is 17.9. The van der Waals surface area contributed by atoms with Gasteiger partial charge in [-0.25, -0.2) is 26.5 Å². The zero-order valence-corrected chi connectivity index (χ0v) is 32.5. The van der Waals surface area contributed by atoms with Crippen molar-refractivity contribution in [3.63, 3.8) is 0 Å². The number of aromatic nitrogens is 1. The predicted octanol–water partition coefficient (Wildman–Crippen LogP) is 3.42. The highest BCUT2D eigenvalue weighted by atomic mass is 35.5. The fourth-order valence-corrected chi connectivity index (χ4v) is 9.64. The van der Waals surface area contributed by atoms with Gasteiger partial charge in [0.05, 0.1) is 28.9 Å². The number of sulfonamides is 1. The van der Waals surface area contributed by atoms with Crippen LogP contribution in [-0.4, -0.2) is 97.7 Å².